The van der Waals surface area contributed by atoms with Crippen molar-refractivity contribution in [3.05, 3.63) is 106 Å². The molecule has 4 nitrogen and oxygen atoms in total. The van der Waals surface area contributed by atoms with Crippen molar-refractivity contribution >= 4 is 40.3 Å². The smallest absolute Gasteiger partial charge is 0.260 e. The van der Waals surface area contributed by atoms with Gasteiger partial charge in [0.2, 0.25) is 0 Å². The topological polar surface area (TPSA) is 46.1 Å². The zero-order valence-electron chi connectivity index (χ0n) is 17.8. The maximum atomic E-state index is 14.0. The summed E-state index contributed by atoms with van der Waals surface area (Å²) in [5, 5.41) is 6.89. The van der Waals surface area contributed by atoms with E-state index in [-0.39, 0.29) is 17.5 Å². The second-order valence-electron chi connectivity index (χ2n) is 7.84. The monoisotopic (exact) mass is 461 g/mol. The van der Waals surface area contributed by atoms with Crippen molar-refractivity contribution in [2.75, 3.05) is 5.32 Å². The first-order chi connectivity index (χ1) is 16.0. The van der Waals surface area contributed by atoms with E-state index < -0.39 is 5.50 Å². The van der Waals surface area contributed by atoms with Crippen molar-refractivity contribution in [1.82, 2.24) is 9.88 Å². The molecule has 166 valence electrons. The maximum absolute atomic E-state index is 14.0. The summed E-state index contributed by atoms with van der Waals surface area (Å²) in [6.07, 6.45) is 1.88. The SMILES string of the molecule is Cc1c(/C=C2\SC(Nc3ccccc3F)NC2=O)c2ccccc2n1Cc1cccc(F)c1. The summed E-state index contributed by atoms with van der Waals surface area (Å²) >= 11 is 1.31. The quantitative estimate of drug-likeness (QED) is 0.365. The molecule has 1 fully saturated rings. The first-order valence-electron chi connectivity index (χ1n) is 10.5. The number of benzene rings is 3. The predicted octanol–water partition coefficient (Wildman–Crippen LogP) is 5.88. The first-order valence-corrected chi connectivity index (χ1v) is 11.4. The Morgan fingerprint density at radius 2 is 1.85 bits per heavy atom. The van der Waals surface area contributed by atoms with Crippen molar-refractivity contribution in [2.24, 2.45) is 0 Å². The number of amides is 1. The zero-order valence-corrected chi connectivity index (χ0v) is 18.6. The molecule has 2 N–H and O–H groups in total. The number of rotatable bonds is 5. The molecule has 0 bridgehead atoms. The molecule has 1 amide bonds. The second kappa shape index (κ2) is 8.75. The molecule has 33 heavy (non-hydrogen) atoms. The lowest BCUT2D eigenvalue weighted by atomic mass is 10.1. The van der Waals surface area contributed by atoms with E-state index in [4.69, 9.17) is 0 Å². The number of hydrogen-bond acceptors (Lipinski definition) is 3. The number of nitrogens with one attached hydrogen (secondary N) is 2. The highest BCUT2D eigenvalue weighted by Gasteiger charge is 2.28. The molecule has 4 aromatic rings. The van der Waals surface area contributed by atoms with Gasteiger partial charge in [0, 0.05) is 28.7 Å². The van der Waals surface area contributed by atoms with Gasteiger partial charge in [0.05, 0.1) is 10.6 Å². The molecular weight excluding hydrogens is 440 g/mol. The number of para-hydroxylation sites is 2. The van der Waals surface area contributed by atoms with E-state index in [2.05, 4.69) is 15.2 Å². The van der Waals surface area contributed by atoms with Gasteiger partial charge in [-0.15, -0.1) is 0 Å². The van der Waals surface area contributed by atoms with E-state index in [0.29, 0.717) is 17.1 Å². The van der Waals surface area contributed by atoms with E-state index in [1.165, 1.54) is 30.0 Å². The van der Waals surface area contributed by atoms with Crippen LogP contribution in [-0.2, 0) is 11.3 Å². The maximum Gasteiger partial charge on any atom is 0.260 e. The summed E-state index contributed by atoms with van der Waals surface area (Å²) in [5.74, 6) is -0.854. The summed E-state index contributed by atoms with van der Waals surface area (Å²) < 4.78 is 29.8. The number of carbonyl (C=O) groups excluding carboxylic acids is 1. The van der Waals surface area contributed by atoms with Gasteiger partial charge in [0.1, 0.15) is 11.6 Å². The van der Waals surface area contributed by atoms with Gasteiger partial charge in [-0.25, -0.2) is 8.78 Å². The number of fused-ring (bicyclic) bond motifs is 1. The van der Waals surface area contributed by atoms with Crippen molar-refractivity contribution in [1.29, 1.82) is 0 Å². The molecule has 1 atom stereocenters. The molecule has 0 spiro atoms. The fourth-order valence-corrected chi connectivity index (χ4v) is 5.04. The zero-order chi connectivity index (χ0) is 22.9. The van der Waals surface area contributed by atoms with Crippen LogP contribution in [0.2, 0.25) is 0 Å². The van der Waals surface area contributed by atoms with Gasteiger partial charge in [-0.1, -0.05) is 54.2 Å². The summed E-state index contributed by atoms with van der Waals surface area (Å²) in [5.41, 5.74) is 3.65. The van der Waals surface area contributed by atoms with Gasteiger partial charge in [-0.2, -0.15) is 0 Å². The van der Waals surface area contributed by atoms with E-state index in [0.717, 1.165) is 27.7 Å². The molecule has 1 aliphatic rings. The number of nitrogens with zero attached hydrogens (tertiary/aromatic N) is 1. The molecule has 0 saturated carbocycles. The Kier molecular flexibility index (Phi) is 5.64. The first kappa shape index (κ1) is 21.3. The second-order valence-corrected chi connectivity index (χ2v) is 8.98. The molecule has 1 aliphatic heterocycles. The highest BCUT2D eigenvalue weighted by Crippen LogP contribution is 2.35. The number of hydrogen-bond donors (Lipinski definition) is 2. The average molecular weight is 462 g/mol. The van der Waals surface area contributed by atoms with Gasteiger partial charge in [0.15, 0.2) is 5.50 Å². The normalized spacial score (nSPS) is 17.0. The molecule has 1 unspecified atom stereocenters. The Balaban J connectivity index is 1.48. The third-order valence-electron chi connectivity index (χ3n) is 5.68. The molecule has 2 heterocycles. The highest BCUT2D eigenvalue weighted by atomic mass is 32.2. The summed E-state index contributed by atoms with van der Waals surface area (Å²) in [7, 11) is 0. The molecule has 1 saturated heterocycles. The largest absolute Gasteiger partial charge is 0.354 e. The number of aromatic nitrogens is 1. The van der Waals surface area contributed by atoms with E-state index in [9.17, 15) is 13.6 Å². The predicted molar refractivity (Wildman–Crippen MR) is 130 cm³/mol. The van der Waals surface area contributed by atoms with Crippen LogP contribution in [0.5, 0.6) is 0 Å². The highest BCUT2D eigenvalue weighted by molar-refractivity contribution is 8.05. The van der Waals surface area contributed by atoms with Crippen molar-refractivity contribution < 1.29 is 13.6 Å². The third-order valence-corrected chi connectivity index (χ3v) is 6.70. The molecule has 3 aromatic carbocycles. The van der Waals surface area contributed by atoms with Crippen LogP contribution in [0.25, 0.3) is 17.0 Å². The summed E-state index contributed by atoms with van der Waals surface area (Å²) in [6, 6.07) is 20.9. The fourth-order valence-electron chi connectivity index (χ4n) is 4.08. The standard InChI is InChI=1S/C26H21F2N3OS/c1-16-20(14-24-25(32)30-26(33-24)29-22-11-4-3-10-21(22)28)19-9-2-5-12-23(19)31(16)15-17-7-6-8-18(27)13-17/h2-14,26,29H,15H2,1H3,(H,30,32)/b24-14-. The van der Waals surface area contributed by atoms with Crippen molar-refractivity contribution in [2.45, 2.75) is 19.0 Å². The van der Waals surface area contributed by atoms with E-state index >= 15 is 0 Å². The molecule has 5 rings (SSSR count). The number of anilines is 1. The molecule has 7 heteroatoms. The summed E-state index contributed by atoms with van der Waals surface area (Å²) in [6.45, 7) is 2.52. The minimum Gasteiger partial charge on any atom is -0.354 e. The lowest BCUT2D eigenvalue weighted by Crippen LogP contribution is -2.31. The average Bonchev–Trinajstić information content (AvgIpc) is 3.27. The number of halogens is 2. The van der Waals surface area contributed by atoms with Crippen LogP contribution in [0.3, 0.4) is 0 Å². The van der Waals surface area contributed by atoms with Crippen LogP contribution in [0.4, 0.5) is 14.5 Å². The van der Waals surface area contributed by atoms with Gasteiger partial charge in [-0.05, 0) is 48.9 Å². The van der Waals surface area contributed by atoms with Crippen LogP contribution in [0, 0.1) is 18.6 Å². The Morgan fingerprint density at radius 3 is 2.67 bits per heavy atom. The summed E-state index contributed by atoms with van der Waals surface area (Å²) in [4.78, 5) is 13.2. The van der Waals surface area contributed by atoms with Gasteiger partial charge in [-0.3, -0.25) is 4.79 Å². The fraction of sp³-hybridized carbons (Fsp3) is 0.115. The van der Waals surface area contributed by atoms with Crippen molar-refractivity contribution in [3.8, 4) is 0 Å². The lowest BCUT2D eigenvalue weighted by Gasteiger charge is -2.13. The Hall–Kier alpha value is -3.58. The van der Waals surface area contributed by atoms with Gasteiger partial charge < -0.3 is 15.2 Å². The Morgan fingerprint density at radius 1 is 1.06 bits per heavy atom. The van der Waals surface area contributed by atoms with Gasteiger partial charge >= 0.3 is 0 Å². The van der Waals surface area contributed by atoms with Crippen LogP contribution < -0.4 is 10.6 Å². The van der Waals surface area contributed by atoms with E-state index in [1.807, 2.05) is 43.3 Å². The molecule has 0 radical (unpaired) electrons. The van der Waals surface area contributed by atoms with E-state index in [1.54, 1.807) is 24.3 Å². The molecule has 1 aromatic heterocycles. The number of carbonyl (C=O) groups is 1. The molecular formula is C26H21F2N3OS. The van der Waals surface area contributed by atoms with Crippen molar-refractivity contribution in [3.63, 3.8) is 0 Å². The third kappa shape index (κ3) is 4.24. The number of thioether (sulfide) groups is 1. The Labute approximate surface area is 194 Å². The minimum atomic E-state index is -0.471. The van der Waals surface area contributed by atoms with Gasteiger partial charge in [0.25, 0.3) is 5.91 Å². The van der Waals surface area contributed by atoms with Crippen LogP contribution in [0.1, 0.15) is 16.8 Å². The molecule has 0 aliphatic carbocycles. The van der Waals surface area contributed by atoms with Crippen LogP contribution in [-0.4, -0.2) is 16.0 Å². The minimum absolute atomic E-state index is 0.213. The van der Waals surface area contributed by atoms with Crippen LogP contribution in [0.15, 0.2) is 77.7 Å². The Bertz CT molecular complexity index is 1400. The van der Waals surface area contributed by atoms with Crippen LogP contribution >= 0.6 is 11.8 Å². The lowest BCUT2D eigenvalue weighted by molar-refractivity contribution is -0.116.